The molecular weight excluding hydrogens is 979 g/mol. The first-order chi connectivity index (χ1) is 37.0. The van der Waals surface area contributed by atoms with Crippen molar-refractivity contribution in [3.8, 4) is 11.5 Å². The van der Waals surface area contributed by atoms with Crippen LogP contribution >= 0.6 is 17.2 Å². The third-order valence-electron chi connectivity index (χ3n) is 16.4. The fourth-order valence-electron chi connectivity index (χ4n) is 11.7. The molecule has 0 aliphatic carbocycles. The molecule has 0 radical (unpaired) electrons. The standard InChI is InChI=1S/C67H120O2.H4O5P2/c1-7-11-15-19-23-27-31-35-39-43-47-51-61-63(53-49-45-41-37-33-29-25-21-17-13-9-3)66(69)64(54-50-46-42-38-34-30-26-22-18-14-10-4)62(52-48-44-40-36-32-28-24-20-16-12-8-2)65(61)67(5,6)59-55-57-60(68)58-56-59;1-6(2)5-7(3)4/h55-58,68-69H,7-54H2,1-6H3;1-4H. The molecule has 6 N–H and O–H groups in total. The van der Waals surface area contributed by atoms with Gasteiger partial charge in [-0.05, 0) is 96.9 Å². The molecule has 0 saturated carbocycles. The molecule has 0 unspecified atom stereocenters. The van der Waals surface area contributed by atoms with Gasteiger partial charge in [0.1, 0.15) is 11.5 Å². The highest BCUT2D eigenvalue weighted by atomic mass is 31.2. The fourth-order valence-corrected chi connectivity index (χ4v) is 12.3. The largest absolute Gasteiger partial charge is 0.508 e. The molecule has 76 heavy (non-hydrogen) atoms. The van der Waals surface area contributed by atoms with Crippen molar-refractivity contribution < 1.29 is 34.1 Å². The lowest BCUT2D eigenvalue weighted by Crippen LogP contribution is -2.26. The van der Waals surface area contributed by atoms with E-state index in [2.05, 4.69) is 58.0 Å². The SMILES string of the molecule is CCCCCCCCCCCCCc1c(O)c(CCCCCCCCCCCCC)c(CCCCCCCCCCCCC)c(C(C)(C)c2ccc(O)cc2)c1CCCCCCCCCCCCC.OP(O)OP(O)O. The Balaban J connectivity index is 0.00000383. The van der Waals surface area contributed by atoms with Gasteiger partial charge in [-0.3, -0.25) is 0 Å². The van der Waals surface area contributed by atoms with Gasteiger partial charge in [0, 0.05) is 5.41 Å². The van der Waals surface area contributed by atoms with Gasteiger partial charge in [-0.2, -0.15) is 0 Å². The average Bonchev–Trinajstić information content (AvgIpc) is 3.39. The van der Waals surface area contributed by atoms with E-state index in [4.69, 9.17) is 19.6 Å². The van der Waals surface area contributed by atoms with Crippen LogP contribution in [0.2, 0.25) is 0 Å². The second kappa shape index (κ2) is 50.6. The van der Waals surface area contributed by atoms with Crippen molar-refractivity contribution in [2.75, 3.05) is 0 Å². The lowest BCUT2D eigenvalue weighted by Gasteiger charge is -2.35. The number of phenolic OH excluding ortho intramolecular Hbond substituents is 2. The van der Waals surface area contributed by atoms with E-state index < -0.39 is 17.2 Å². The number of phenols is 2. The zero-order valence-electron chi connectivity index (χ0n) is 50.7. The van der Waals surface area contributed by atoms with Crippen LogP contribution in [0.5, 0.6) is 11.5 Å². The maximum absolute atomic E-state index is 12.9. The highest BCUT2D eigenvalue weighted by molar-refractivity contribution is 7.53. The molecule has 0 aliphatic heterocycles. The van der Waals surface area contributed by atoms with Crippen LogP contribution in [-0.2, 0) is 35.4 Å². The molecule has 0 bridgehead atoms. The van der Waals surface area contributed by atoms with Crippen LogP contribution in [0.1, 0.15) is 357 Å². The van der Waals surface area contributed by atoms with Crippen LogP contribution in [0.25, 0.3) is 0 Å². The maximum atomic E-state index is 12.9. The summed E-state index contributed by atoms with van der Waals surface area (Å²) in [6.45, 7) is 14.2. The number of hydrogen-bond donors (Lipinski definition) is 6. The molecule has 0 spiro atoms. The van der Waals surface area contributed by atoms with Gasteiger partial charge in [0.15, 0.2) is 0 Å². The highest BCUT2D eigenvalue weighted by Crippen LogP contribution is 2.46. The normalized spacial score (nSPS) is 11.8. The van der Waals surface area contributed by atoms with Crippen LogP contribution in [0.3, 0.4) is 0 Å². The summed E-state index contributed by atoms with van der Waals surface area (Å²) in [6.07, 6.45) is 63.6. The Morgan fingerprint density at radius 1 is 0.316 bits per heavy atom. The predicted molar refractivity (Wildman–Crippen MR) is 333 cm³/mol. The Bertz CT molecular complexity index is 1500. The Hall–Kier alpha value is -1.30. The smallest absolute Gasteiger partial charge is 0.334 e. The molecule has 444 valence electrons. The van der Waals surface area contributed by atoms with Crippen LogP contribution in [-0.4, -0.2) is 29.8 Å². The van der Waals surface area contributed by atoms with E-state index in [0.717, 1.165) is 25.7 Å². The second-order valence-corrected chi connectivity index (χ2v) is 25.2. The molecule has 0 heterocycles. The van der Waals surface area contributed by atoms with Gasteiger partial charge in [-0.1, -0.05) is 311 Å². The summed E-state index contributed by atoms with van der Waals surface area (Å²) in [5.74, 6) is 1.03. The zero-order chi connectivity index (χ0) is 55.8. The lowest BCUT2D eigenvalue weighted by atomic mass is 9.69. The van der Waals surface area contributed by atoms with Crippen molar-refractivity contribution in [2.45, 2.75) is 355 Å². The van der Waals surface area contributed by atoms with E-state index in [1.165, 1.54) is 310 Å². The van der Waals surface area contributed by atoms with Crippen LogP contribution in [0.15, 0.2) is 24.3 Å². The molecule has 9 heteroatoms. The van der Waals surface area contributed by atoms with Crippen molar-refractivity contribution in [1.82, 2.24) is 0 Å². The highest BCUT2D eigenvalue weighted by Gasteiger charge is 2.33. The molecule has 0 aromatic heterocycles. The molecule has 0 amide bonds. The van der Waals surface area contributed by atoms with Crippen molar-refractivity contribution >= 4 is 17.2 Å². The number of unbranched alkanes of at least 4 members (excludes halogenated alkanes) is 40. The van der Waals surface area contributed by atoms with E-state index in [1.54, 1.807) is 5.56 Å². The summed E-state index contributed by atoms with van der Waals surface area (Å²) in [7, 11) is -5.22. The molecule has 2 aromatic rings. The Labute approximate surface area is 473 Å². The topological polar surface area (TPSA) is 131 Å². The van der Waals surface area contributed by atoms with E-state index in [-0.39, 0.29) is 5.41 Å². The van der Waals surface area contributed by atoms with Crippen molar-refractivity contribution in [3.63, 3.8) is 0 Å². The molecule has 7 nitrogen and oxygen atoms in total. The van der Waals surface area contributed by atoms with E-state index >= 15 is 0 Å². The summed E-state index contributed by atoms with van der Waals surface area (Å²) in [5, 5.41) is 23.4. The monoisotopic (exact) mass is 1100 g/mol. The molecular formula is C67H124O7P2. The van der Waals surface area contributed by atoms with Gasteiger partial charge >= 0.3 is 17.2 Å². The van der Waals surface area contributed by atoms with Gasteiger partial charge in [0.25, 0.3) is 0 Å². The van der Waals surface area contributed by atoms with Crippen LogP contribution < -0.4 is 0 Å². The van der Waals surface area contributed by atoms with Gasteiger partial charge in [0.2, 0.25) is 0 Å². The first-order valence-corrected chi connectivity index (χ1v) is 35.0. The average molecular weight is 1100 g/mol. The molecule has 0 saturated heterocycles. The summed E-state index contributed by atoms with van der Waals surface area (Å²) in [6, 6.07) is 8.19. The number of rotatable bonds is 52. The van der Waals surface area contributed by atoms with Gasteiger partial charge in [0.05, 0.1) is 0 Å². The van der Waals surface area contributed by atoms with Gasteiger partial charge in [-0.15, -0.1) is 0 Å². The van der Waals surface area contributed by atoms with Crippen molar-refractivity contribution in [3.05, 3.63) is 57.6 Å². The zero-order valence-corrected chi connectivity index (χ0v) is 52.5. The Morgan fingerprint density at radius 3 is 0.737 bits per heavy atom. The minimum Gasteiger partial charge on any atom is -0.508 e. The first-order valence-electron chi connectivity index (χ1n) is 32.7. The van der Waals surface area contributed by atoms with E-state index in [1.807, 2.05) is 12.1 Å². The minimum absolute atomic E-state index is 0.237. The van der Waals surface area contributed by atoms with Crippen molar-refractivity contribution in [1.29, 1.82) is 0 Å². The lowest BCUT2D eigenvalue weighted by molar-refractivity contribution is 0.324. The third kappa shape index (κ3) is 36.9. The number of benzene rings is 2. The van der Waals surface area contributed by atoms with Crippen LogP contribution in [0.4, 0.5) is 0 Å². The quantitative estimate of drug-likeness (QED) is 0.0287. The summed E-state index contributed by atoms with van der Waals surface area (Å²) in [4.78, 5) is 31.3. The third-order valence-corrected chi connectivity index (χ3v) is 17.6. The molecule has 0 atom stereocenters. The van der Waals surface area contributed by atoms with E-state index in [0.29, 0.717) is 11.5 Å². The summed E-state index contributed by atoms with van der Waals surface area (Å²) in [5.41, 5.74) is 8.19. The molecule has 2 rings (SSSR count). The second-order valence-electron chi connectivity index (χ2n) is 23.5. The van der Waals surface area contributed by atoms with E-state index in [9.17, 15) is 10.2 Å². The van der Waals surface area contributed by atoms with Gasteiger partial charge < -0.3 is 29.8 Å². The molecule has 2 aromatic carbocycles. The first kappa shape index (κ1) is 72.7. The minimum atomic E-state index is -2.61. The fraction of sp³-hybridized carbons (Fsp3) is 0.821. The number of aromatic hydroxyl groups is 2. The molecule has 0 fully saturated rings. The van der Waals surface area contributed by atoms with Crippen molar-refractivity contribution in [2.24, 2.45) is 0 Å². The maximum Gasteiger partial charge on any atom is 0.334 e. The summed E-state index contributed by atoms with van der Waals surface area (Å²) >= 11 is 0. The Kier molecular flexibility index (Phi) is 48.5. The Morgan fingerprint density at radius 2 is 0.526 bits per heavy atom. The summed E-state index contributed by atoms with van der Waals surface area (Å²) < 4.78 is 3.60. The predicted octanol–water partition coefficient (Wildman–Crippen LogP) is 22.3. The van der Waals surface area contributed by atoms with Gasteiger partial charge in [-0.25, -0.2) is 4.31 Å². The molecule has 0 aliphatic rings. The van der Waals surface area contributed by atoms with Crippen LogP contribution in [0, 0.1) is 0 Å². The number of hydrogen-bond acceptors (Lipinski definition) is 7.